The number of aliphatic hydroxyl groups is 1. The maximum atomic E-state index is 9.91. The molecule has 8 nitrogen and oxygen atoms in total. The quantitative estimate of drug-likeness (QED) is 0.448. The van der Waals surface area contributed by atoms with Crippen LogP contribution in [0, 0.1) is 18.3 Å². The SMILES string of the molecule is Cc1cc(Oc2cc(C#N)ccc2-c2ccc([C@H](O)CN)cn2)cc(OCCOC(C)C)n1. The summed E-state index contributed by atoms with van der Waals surface area (Å²) in [7, 11) is 0. The molecule has 0 saturated carbocycles. The van der Waals surface area contributed by atoms with Crippen LogP contribution in [-0.4, -0.2) is 40.9 Å². The Hall–Kier alpha value is -3.51. The molecule has 0 saturated heterocycles. The number of hydrogen-bond donors (Lipinski definition) is 2. The Morgan fingerprint density at radius 2 is 1.94 bits per heavy atom. The van der Waals surface area contributed by atoms with Gasteiger partial charge in [0.25, 0.3) is 0 Å². The minimum Gasteiger partial charge on any atom is -0.475 e. The van der Waals surface area contributed by atoms with E-state index in [1.807, 2.05) is 20.8 Å². The maximum absolute atomic E-state index is 9.91. The van der Waals surface area contributed by atoms with Gasteiger partial charge in [0.05, 0.1) is 36.1 Å². The van der Waals surface area contributed by atoms with Gasteiger partial charge in [-0.3, -0.25) is 4.98 Å². The van der Waals surface area contributed by atoms with Crippen LogP contribution >= 0.6 is 0 Å². The number of ether oxygens (including phenoxy) is 3. The number of hydrogen-bond acceptors (Lipinski definition) is 8. The summed E-state index contributed by atoms with van der Waals surface area (Å²) in [6.07, 6.45) is 0.939. The number of nitriles is 1. The minimum absolute atomic E-state index is 0.113. The Kier molecular flexibility index (Phi) is 8.33. The zero-order valence-corrected chi connectivity index (χ0v) is 19.0. The lowest BCUT2D eigenvalue weighted by molar-refractivity contribution is 0.0542. The third-order valence-electron chi connectivity index (χ3n) is 4.70. The van der Waals surface area contributed by atoms with Gasteiger partial charge >= 0.3 is 0 Å². The Labute approximate surface area is 193 Å². The molecule has 0 bridgehead atoms. The molecule has 0 spiro atoms. The lowest BCUT2D eigenvalue weighted by Gasteiger charge is -2.14. The monoisotopic (exact) mass is 448 g/mol. The Morgan fingerprint density at radius 3 is 2.61 bits per heavy atom. The van der Waals surface area contributed by atoms with Gasteiger partial charge in [0.15, 0.2) is 0 Å². The van der Waals surface area contributed by atoms with Crippen molar-refractivity contribution in [3.8, 4) is 34.7 Å². The molecule has 8 heteroatoms. The van der Waals surface area contributed by atoms with Crippen molar-refractivity contribution >= 4 is 0 Å². The molecule has 3 rings (SSSR count). The van der Waals surface area contributed by atoms with Crippen LogP contribution in [0.3, 0.4) is 0 Å². The fourth-order valence-corrected chi connectivity index (χ4v) is 3.08. The van der Waals surface area contributed by atoms with Gasteiger partial charge in [-0.15, -0.1) is 0 Å². The van der Waals surface area contributed by atoms with Crippen LogP contribution in [-0.2, 0) is 4.74 Å². The molecule has 2 aromatic heterocycles. The van der Waals surface area contributed by atoms with E-state index in [4.69, 9.17) is 19.9 Å². The van der Waals surface area contributed by atoms with E-state index < -0.39 is 6.10 Å². The molecule has 0 aliphatic carbocycles. The molecule has 0 radical (unpaired) electrons. The zero-order valence-electron chi connectivity index (χ0n) is 19.0. The Morgan fingerprint density at radius 1 is 1.12 bits per heavy atom. The summed E-state index contributed by atoms with van der Waals surface area (Å²) in [5.41, 5.74) is 8.67. The van der Waals surface area contributed by atoms with Crippen LogP contribution in [0.25, 0.3) is 11.3 Å². The number of nitrogens with two attached hydrogens (primary N) is 1. The maximum Gasteiger partial charge on any atom is 0.217 e. The van der Waals surface area contributed by atoms with Gasteiger partial charge in [0.1, 0.15) is 18.1 Å². The first kappa shape index (κ1) is 24.1. The molecule has 0 amide bonds. The summed E-state index contributed by atoms with van der Waals surface area (Å²) in [5.74, 6) is 1.41. The number of aliphatic hydroxyl groups excluding tert-OH is 1. The zero-order chi connectivity index (χ0) is 23.8. The van der Waals surface area contributed by atoms with Crippen molar-refractivity contribution in [3.05, 3.63) is 65.5 Å². The summed E-state index contributed by atoms with van der Waals surface area (Å²) in [6, 6.07) is 14.3. The molecule has 3 N–H and O–H groups in total. The largest absolute Gasteiger partial charge is 0.475 e. The molecule has 1 aromatic carbocycles. The van der Waals surface area contributed by atoms with E-state index in [1.54, 1.807) is 48.7 Å². The molecule has 0 aliphatic heterocycles. The second-order valence-corrected chi connectivity index (χ2v) is 7.70. The molecule has 0 aliphatic rings. The summed E-state index contributed by atoms with van der Waals surface area (Å²) in [4.78, 5) is 8.83. The molecule has 1 atom stereocenters. The smallest absolute Gasteiger partial charge is 0.217 e. The number of pyridine rings is 2. The Balaban J connectivity index is 1.86. The molecule has 0 unspecified atom stereocenters. The number of rotatable bonds is 10. The van der Waals surface area contributed by atoms with Crippen LogP contribution in [0.1, 0.15) is 36.8 Å². The first-order chi connectivity index (χ1) is 15.9. The van der Waals surface area contributed by atoms with E-state index in [0.717, 1.165) is 5.69 Å². The van der Waals surface area contributed by atoms with Crippen LogP contribution in [0.15, 0.2) is 48.7 Å². The predicted octanol–water partition coefficient (Wildman–Crippen LogP) is 3.91. The minimum atomic E-state index is -0.771. The molecule has 172 valence electrons. The molecule has 0 fully saturated rings. The highest BCUT2D eigenvalue weighted by Crippen LogP contribution is 2.34. The van der Waals surface area contributed by atoms with E-state index >= 15 is 0 Å². The van der Waals surface area contributed by atoms with Gasteiger partial charge in [-0.2, -0.15) is 5.26 Å². The van der Waals surface area contributed by atoms with Crippen LogP contribution in [0.2, 0.25) is 0 Å². The first-order valence-corrected chi connectivity index (χ1v) is 10.7. The van der Waals surface area contributed by atoms with Crippen LogP contribution < -0.4 is 15.2 Å². The summed E-state index contributed by atoms with van der Waals surface area (Å²) in [6.45, 7) is 6.72. The van der Waals surface area contributed by atoms with E-state index in [1.165, 1.54) is 0 Å². The van der Waals surface area contributed by atoms with E-state index in [2.05, 4.69) is 16.0 Å². The van der Waals surface area contributed by atoms with Crippen LogP contribution in [0.4, 0.5) is 0 Å². The topological polar surface area (TPSA) is 124 Å². The highest BCUT2D eigenvalue weighted by Gasteiger charge is 2.13. The molecule has 2 heterocycles. The van der Waals surface area contributed by atoms with Crippen molar-refractivity contribution in [2.75, 3.05) is 19.8 Å². The van der Waals surface area contributed by atoms with Crippen molar-refractivity contribution in [1.82, 2.24) is 9.97 Å². The average Bonchev–Trinajstić information content (AvgIpc) is 2.81. The van der Waals surface area contributed by atoms with E-state index in [9.17, 15) is 10.4 Å². The van der Waals surface area contributed by atoms with Crippen molar-refractivity contribution in [2.24, 2.45) is 5.73 Å². The van der Waals surface area contributed by atoms with Crippen molar-refractivity contribution in [3.63, 3.8) is 0 Å². The number of aryl methyl sites for hydroxylation is 1. The van der Waals surface area contributed by atoms with Gasteiger partial charge in [0.2, 0.25) is 5.88 Å². The Bertz CT molecular complexity index is 1110. The van der Waals surface area contributed by atoms with Gasteiger partial charge in [-0.1, -0.05) is 6.07 Å². The van der Waals surface area contributed by atoms with Gasteiger partial charge < -0.3 is 25.1 Å². The molecule has 33 heavy (non-hydrogen) atoms. The standard InChI is InChI=1S/C25H28N4O4/c1-16(2)31-8-9-32-25-12-20(10-17(3)29-25)33-24-11-18(13-26)4-6-21(24)22-7-5-19(15-28-22)23(30)14-27/h4-7,10-12,15-16,23,30H,8-9,14,27H2,1-3H3/t23-/m1/s1. The molecular weight excluding hydrogens is 420 g/mol. The van der Waals surface area contributed by atoms with Gasteiger partial charge in [0, 0.05) is 41.7 Å². The highest BCUT2D eigenvalue weighted by atomic mass is 16.5. The summed E-state index contributed by atoms with van der Waals surface area (Å²) < 4.78 is 17.4. The summed E-state index contributed by atoms with van der Waals surface area (Å²) >= 11 is 0. The third-order valence-corrected chi connectivity index (χ3v) is 4.70. The van der Waals surface area contributed by atoms with Crippen LogP contribution in [0.5, 0.6) is 17.4 Å². The number of benzene rings is 1. The van der Waals surface area contributed by atoms with Crippen molar-refractivity contribution in [1.29, 1.82) is 5.26 Å². The fraction of sp³-hybridized carbons (Fsp3) is 0.320. The second-order valence-electron chi connectivity index (χ2n) is 7.70. The molecular formula is C25H28N4O4. The lowest BCUT2D eigenvalue weighted by Crippen LogP contribution is -2.12. The highest BCUT2D eigenvalue weighted by molar-refractivity contribution is 5.69. The average molecular weight is 449 g/mol. The van der Waals surface area contributed by atoms with Crippen molar-refractivity contribution in [2.45, 2.75) is 33.0 Å². The number of nitrogens with zero attached hydrogens (tertiary/aromatic N) is 3. The normalized spacial score (nSPS) is 11.8. The fourth-order valence-electron chi connectivity index (χ4n) is 3.08. The first-order valence-electron chi connectivity index (χ1n) is 10.7. The third kappa shape index (κ3) is 6.73. The summed E-state index contributed by atoms with van der Waals surface area (Å²) in [5, 5.41) is 19.3. The van der Waals surface area contributed by atoms with E-state index in [0.29, 0.717) is 53.0 Å². The van der Waals surface area contributed by atoms with Gasteiger partial charge in [-0.05, 0) is 45.0 Å². The predicted molar refractivity (Wildman–Crippen MR) is 124 cm³/mol. The second kappa shape index (κ2) is 11.4. The molecule has 3 aromatic rings. The van der Waals surface area contributed by atoms with E-state index in [-0.39, 0.29) is 12.6 Å². The van der Waals surface area contributed by atoms with Gasteiger partial charge in [-0.25, -0.2) is 4.98 Å². The number of aromatic nitrogens is 2. The van der Waals surface area contributed by atoms with Crippen molar-refractivity contribution < 1.29 is 19.3 Å². The lowest BCUT2D eigenvalue weighted by atomic mass is 10.1.